The zero-order chi connectivity index (χ0) is 35.1. The number of fused-ring (bicyclic) bond motifs is 4. The highest BCUT2D eigenvalue weighted by molar-refractivity contribution is 7.26. The molecule has 0 N–H and O–H groups in total. The number of benzene rings is 7. The van der Waals surface area contributed by atoms with E-state index in [4.69, 9.17) is 4.98 Å². The van der Waals surface area contributed by atoms with Gasteiger partial charge in [0, 0.05) is 54.8 Å². The molecule has 3 heterocycles. The summed E-state index contributed by atoms with van der Waals surface area (Å²) in [5, 5.41) is 5.08. The Morgan fingerprint density at radius 1 is 0.340 bits per heavy atom. The summed E-state index contributed by atoms with van der Waals surface area (Å²) in [5.41, 5.74) is 13.4. The minimum atomic E-state index is 0.930. The fraction of sp³-hybridized carbons (Fsp3) is 0. The Labute approximate surface area is 312 Å². The normalized spacial score (nSPS) is 11.4. The summed E-state index contributed by atoms with van der Waals surface area (Å²) in [7, 11) is 0. The first kappa shape index (κ1) is 31.1. The average Bonchev–Trinajstić information content (AvgIpc) is 3.63. The Kier molecular flexibility index (Phi) is 7.71. The van der Waals surface area contributed by atoms with Gasteiger partial charge in [-0.15, -0.1) is 11.3 Å². The van der Waals surface area contributed by atoms with E-state index in [1.54, 1.807) is 0 Å². The lowest BCUT2D eigenvalue weighted by Crippen LogP contribution is -1.93. The summed E-state index contributed by atoms with van der Waals surface area (Å²) in [6.45, 7) is 0. The lowest BCUT2D eigenvalue weighted by atomic mass is 9.93. The molecule has 0 aliphatic heterocycles. The molecule has 0 saturated heterocycles. The van der Waals surface area contributed by atoms with E-state index in [0.29, 0.717) is 0 Å². The van der Waals surface area contributed by atoms with Gasteiger partial charge in [-0.3, -0.25) is 4.98 Å². The maximum absolute atomic E-state index is 5.32. The van der Waals surface area contributed by atoms with Gasteiger partial charge in [-0.25, -0.2) is 4.98 Å². The van der Waals surface area contributed by atoms with E-state index < -0.39 is 0 Å². The van der Waals surface area contributed by atoms with Crippen LogP contribution in [0.25, 0.3) is 98.0 Å². The summed E-state index contributed by atoms with van der Waals surface area (Å²) in [6, 6.07) is 65.3. The van der Waals surface area contributed by atoms with Crippen LogP contribution < -0.4 is 0 Å². The Balaban J connectivity index is 1.20. The summed E-state index contributed by atoms with van der Waals surface area (Å²) in [6.07, 6.45) is 3.78. The molecule has 10 rings (SSSR count). The molecule has 0 amide bonds. The van der Waals surface area contributed by atoms with Crippen LogP contribution in [0, 0.1) is 0 Å². The van der Waals surface area contributed by atoms with Crippen molar-refractivity contribution >= 4 is 42.3 Å². The fourth-order valence-electron chi connectivity index (χ4n) is 7.58. The second kappa shape index (κ2) is 13.1. The summed E-state index contributed by atoms with van der Waals surface area (Å²) in [5.74, 6) is 0. The van der Waals surface area contributed by atoms with Gasteiger partial charge >= 0.3 is 0 Å². The van der Waals surface area contributed by atoms with Gasteiger partial charge in [0.15, 0.2) is 0 Å². The molecule has 0 saturated carbocycles. The van der Waals surface area contributed by atoms with Gasteiger partial charge in [0.2, 0.25) is 0 Å². The third kappa shape index (κ3) is 5.68. The smallest absolute Gasteiger partial charge is 0.0716 e. The van der Waals surface area contributed by atoms with Crippen LogP contribution in [-0.2, 0) is 0 Å². The largest absolute Gasteiger partial charge is 0.264 e. The summed E-state index contributed by atoms with van der Waals surface area (Å²) < 4.78 is 2.58. The van der Waals surface area contributed by atoms with Crippen LogP contribution in [0.15, 0.2) is 194 Å². The SMILES string of the molecule is c1ccc(-c2cc(-c3ccccc3)nc(-c3cc(-c4cccnc4)cc(-c4cccc5c4sc4c(-c6cccc7ccccc67)cccc45)c3)c2)cc1. The lowest BCUT2D eigenvalue weighted by Gasteiger charge is -2.14. The molecular formula is C50H32N2S. The number of rotatable bonds is 6. The van der Waals surface area contributed by atoms with Crippen molar-refractivity contribution in [2.45, 2.75) is 0 Å². The zero-order valence-corrected chi connectivity index (χ0v) is 29.6. The quantitative estimate of drug-likeness (QED) is 0.173. The summed E-state index contributed by atoms with van der Waals surface area (Å²) in [4.78, 5) is 9.82. The predicted octanol–water partition coefficient (Wildman–Crippen LogP) is 14.0. The number of aromatic nitrogens is 2. The second-order valence-electron chi connectivity index (χ2n) is 13.4. The molecule has 0 aliphatic rings. The number of hydrogen-bond donors (Lipinski definition) is 0. The minimum Gasteiger partial charge on any atom is -0.264 e. The van der Waals surface area contributed by atoms with E-state index in [9.17, 15) is 0 Å². The highest BCUT2D eigenvalue weighted by Gasteiger charge is 2.17. The highest BCUT2D eigenvalue weighted by atomic mass is 32.1. The Morgan fingerprint density at radius 3 is 1.66 bits per heavy atom. The van der Waals surface area contributed by atoms with Crippen LogP contribution >= 0.6 is 11.3 Å². The second-order valence-corrected chi connectivity index (χ2v) is 14.4. The molecule has 248 valence electrons. The molecule has 53 heavy (non-hydrogen) atoms. The Morgan fingerprint density at radius 2 is 0.887 bits per heavy atom. The van der Waals surface area contributed by atoms with Gasteiger partial charge < -0.3 is 0 Å². The maximum atomic E-state index is 5.32. The van der Waals surface area contributed by atoms with Crippen LogP contribution in [0.5, 0.6) is 0 Å². The van der Waals surface area contributed by atoms with Crippen LogP contribution in [0.2, 0.25) is 0 Å². The van der Waals surface area contributed by atoms with Crippen LogP contribution in [-0.4, -0.2) is 9.97 Å². The predicted molar refractivity (Wildman–Crippen MR) is 225 cm³/mol. The molecule has 3 heteroatoms. The first-order valence-corrected chi connectivity index (χ1v) is 18.7. The molecule has 0 atom stereocenters. The first-order valence-electron chi connectivity index (χ1n) is 17.9. The third-order valence-corrected chi connectivity index (χ3v) is 11.4. The Bertz CT molecular complexity index is 2870. The Hall–Kier alpha value is -6.68. The van der Waals surface area contributed by atoms with Crippen molar-refractivity contribution in [2.75, 3.05) is 0 Å². The van der Waals surface area contributed by atoms with Crippen LogP contribution in [0.4, 0.5) is 0 Å². The van der Waals surface area contributed by atoms with Gasteiger partial charge in [0.25, 0.3) is 0 Å². The molecule has 7 aromatic carbocycles. The van der Waals surface area contributed by atoms with Crippen molar-refractivity contribution in [3.05, 3.63) is 194 Å². The molecule has 2 nitrogen and oxygen atoms in total. The van der Waals surface area contributed by atoms with E-state index >= 15 is 0 Å². The van der Waals surface area contributed by atoms with Crippen molar-refractivity contribution in [3.63, 3.8) is 0 Å². The third-order valence-electron chi connectivity index (χ3n) is 10.1. The highest BCUT2D eigenvalue weighted by Crippen LogP contribution is 2.46. The molecule has 0 radical (unpaired) electrons. The van der Waals surface area contributed by atoms with Crippen LogP contribution in [0.3, 0.4) is 0 Å². The van der Waals surface area contributed by atoms with Crippen molar-refractivity contribution in [1.82, 2.24) is 9.97 Å². The number of pyridine rings is 2. The molecule has 3 aromatic heterocycles. The van der Waals surface area contributed by atoms with Gasteiger partial charge in [-0.05, 0) is 80.6 Å². The molecule has 0 unspecified atom stereocenters. The molecule has 0 spiro atoms. The van der Waals surface area contributed by atoms with E-state index in [1.165, 1.54) is 47.6 Å². The zero-order valence-electron chi connectivity index (χ0n) is 28.8. The number of hydrogen-bond acceptors (Lipinski definition) is 3. The molecule has 10 aromatic rings. The fourth-order valence-corrected chi connectivity index (χ4v) is 8.95. The molecule has 0 aliphatic carbocycles. The van der Waals surface area contributed by atoms with Crippen LogP contribution in [0.1, 0.15) is 0 Å². The standard InChI is InChI=1S/C50H32N2S/c1-3-13-33(14-4-1)38-30-47(35-16-5-2-6-17-35)52-48(31-38)40-28-37(36-19-12-26-51-32-36)27-39(29-40)42-21-10-24-45-46-25-11-23-44(50(46)53-49(42)45)43-22-9-18-34-15-7-8-20-41(34)43/h1-32H. The van der Waals surface area contributed by atoms with Gasteiger partial charge in [0.1, 0.15) is 0 Å². The van der Waals surface area contributed by atoms with Crippen molar-refractivity contribution in [3.8, 4) is 67.0 Å². The topological polar surface area (TPSA) is 25.8 Å². The molecule has 0 fully saturated rings. The average molecular weight is 693 g/mol. The summed E-state index contributed by atoms with van der Waals surface area (Å²) >= 11 is 1.89. The van der Waals surface area contributed by atoms with Gasteiger partial charge in [-0.1, -0.05) is 146 Å². The number of thiophene rings is 1. The first-order chi connectivity index (χ1) is 26.3. The van der Waals surface area contributed by atoms with E-state index in [2.05, 4.69) is 181 Å². The van der Waals surface area contributed by atoms with Crippen molar-refractivity contribution in [1.29, 1.82) is 0 Å². The minimum absolute atomic E-state index is 0.930. The number of nitrogens with zero attached hydrogens (tertiary/aromatic N) is 2. The van der Waals surface area contributed by atoms with Gasteiger partial charge in [0.05, 0.1) is 11.4 Å². The lowest BCUT2D eigenvalue weighted by molar-refractivity contribution is 1.32. The van der Waals surface area contributed by atoms with E-state index in [0.717, 1.165) is 50.3 Å². The van der Waals surface area contributed by atoms with E-state index in [1.807, 2.05) is 29.8 Å². The maximum Gasteiger partial charge on any atom is 0.0716 e. The molecular weight excluding hydrogens is 661 g/mol. The monoisotopic (exact) mass is 692 g/mol. The van der Waals surface area contributed by atoms with Gasteiger partial charge in [-0.2, -0.15) is 0 Å². The van der Waals surface area contributed by atoms with Crippen molar-refractivity contribution in [2.24, 2.45) is 0 Å². The van der Waals surface area contributed by atoms with Crippen molar-refractivity contribution < 1.29 is 0 Å². The molecule has 0 bridgehead atoms. The van der Waals surface area contributed by atoms with E-state index in [-0.39, 0.29) is 0 Å².